The number of rotatable bonds is 8. The summed E-state index contributed by atoms with van der Waals surface area (Å²) in [4.78, 5) is 12.7. The number of halogens is 3. The third kappa shape index (κ3) is 5.77. The Morgan fingerprint density at radius 3 is 2.38 bits per heavy atom. The van der Waals surface area contributed by atoms with Crippen LogP contribution in [0.1, 0.15) is 33.4 Å². The predicted octanol–water partition coefficient (Wildman–Crippen LogP) is 5.71. The van der Waals surface area contributed by atoms with E-state index in [0.717, 1.165) is 27.5 Å². The van der Waals surface area contributed by atoms with Crippen LogP contribution in [-0.2, 0) is 25.8 Å². The van der Waals surface area contributed by atoms with Crippen LogP contribution >= 0.6 is 0 Å². The number of benzene rings is 2. The van der Waals surface area contributed by atoms with Gasteiger partial charge in [0.1, 0.15) is 23.8 Å². The maximum Gasteiger partial charge on any atom is 0.416 e. The van der Waals surface area contributed by atoms with Crippen molar-refractivity contribution >= 4 is 28.2 Å². The van der Waals surface area contributed by atoms with Crippen LogP contribution in [0, 0.1) is 13.8 Å². The quantitative estimate of drug-likeness (QED) is 0.235. The van der Waals surface area contributed by atoms with Gasteiger partial charge in [0.25, 0.3) is 0 Å². The molecule has 0 spiro atoms. The summed E-state index contributed by atoms with van der Waals surface area (Å²) in [6.45, 7) is 4.81. The van der Waals surface area contributed by atoms with Crippen LogP contribution in [0.5, 0.6) is 0 Å². The maximum absolute atomic E-state index is 13.8. The summed E-state index contributed by atoms with van der Waals surface area (Å²) in [6.07, 6.45) is 1.79. The maximum atomic E-state index is 13.8. The van der Waals surface area contributed by atoms with Crippen molar-refractivity contribution in [2.75, 3.05) is 16.4 Å². The first kappa shape index (κ1) is 26.0. The van der Waals surface area contributed by atoms with E-state index in [2.05, 4.69) is 30.7 Å². The number of nitrogens with one attached hydrogen (secondary N) is 2. The summed E-state index contributed by atoms with van der Waals surface area (Å²) in [5, 5.41) is 12.4. The van der Waals surface area contributed by atoms with E-state index < -0.39 is 11.7 Å². The molecule has 0 unspecified atom stereocenters. The minimum atomic E-state index is -4.48. The van der Waals surface area contributed by atoms with Crippen molar-refractivity contribution in [1.82, 2.24) is 24.7 Å². The van der Waals surface area contributed by atoms with Crippen molar-refractivity contribution < 1.29 is 13.2 Å². The molecule has 0 aliphatic rings. The minimum Gasteiger partial charge on any atom is -0.383 e. The van der Waals surface area contributed by atoms with E-state index in [1.165, 1.54) is 29.3 Å². The van der Waals surface area contributed by atoms with Gasteiger partial charge in [-0.1, -0.05) is 12.1 Å². The summed E-state index contributed by atoms with van der Waals surface area (Å²) in [5.41, 5.74) is 9.32. The Labute approximate surface area is 223 Å². The van der Waals surface area contributed by atoms with E-state index in [0.29, 0.717) is 29.6 Å². The van der Waals surface area contributed by atoms with Crippen LogP contribution in [0.15, 0.2) is 67.4 Å². The van der Waals surface area contributed by atoms with Gasteiger partial charge in [-0.25, -0.2) is 15.0 Å². The Morgan fingerprint density at radius 2 is 1.67 bits per heavy atom. The molecule has 0 atom stereocenters. The molecule has 8 nitrogen and oxygen atoms in total. The Morgan fingerprint density at radius 1 is 0.897 bits per heavy atom. The van der Waals surface area contributed by atoms with Gasteiger partial charge in [-0.2, -0.15) is 18.3 Å². The fourth-order valence-corrected chi connectivity index (χ4v) is 4.63. The largest absolute Gasteiger partial charge is 0.416 e. The number of nitrogen functional groups attached to an aromatic ring is 1. The summed E-state index contributed by atoms with van der Waals surface area (Å²) >= 11 is 0. The van der Waals surface area contributed by atoms with Gasteiger partial charge in [-0.3, -0.25) is 4.68 Å². The molecule has 0 saturated heterocycles. The van der Waals surface area contributed by atoms with Crippen molar-refractivity contribution in [2.24, 2.45) is 0 Å². The second kappa shape index (κ2) is 10.6. The number of hydrogen-bond donors (Lipinski definition) is 3. The highest BCUT2D eigenvalue weighted by Gasteiger charge is 2.33. The van der Waals surface area contributed by atoms with E-state index in [9.17, 15) is 13.2 Å². The number of nitrogens with two attached hydrogens (primary N) is 1. The Hall–Kier alpha value is -4.67. The van der Waals surface area contributed by atoms with Gasteiger partial charge in [-0.15, -0.1) is 0 Å². The number of fused-ring (bicyclic) bond motifs is 1. The number of nitrogens with zero attached hydrogens (tertiary/aromatic N) is 5. The first-order valence-electron chi connectivity index (χ1n) is 12.3. The first-order chi connectivity index (χ1) is 18.7. The van der Waals surface area contributed by atoms with Crippen LogP contribution in [0.2, 0.25) is 0 Å². The molecule has 200 valence electrons. The monoisotopic (exact) mass is 532 g/mol. The standard InChI is InChI=1S/C28H27F3N8/c1-17-10-22-21(6-8-33-27(22)32)18(2)23(17)14-35-26-12-25(36-16-37-26)34-13-19-4-5-20(15-39-9-3-7-38-39)24(11-19)28(29,30)31/h3-12,16H,13-15H2,1-2H3,(H2,32,33)(H2,34,35,36,37). The van der Waals surface area contributed by atoms with Crippen molar-refractivity contribution in [2.45, 2.75) is 39.7 Å². The lowest BCUT2D eigenvalue weighted by Gasteiger charge is -2.16. The third-order valence-corrected chi connectivity index (χ3v) is 6.67. The topological polar surface area (TPSA) is 107 Å². The fraction of sp³-hybridized carbons (Fsp3) is 0.214. The van der Waals surface area contributed by atoms with Crippen LogP contribution in [0.4, 0.5) is 30.6 Å². The second-order valence-electron chi connectivity index (χ2n) is 9.28. The lowest BCUT2D eigenvalue weighted by atomic mass is 9.96. The molecule has 0 fully saturated rings. The van der Waals surface area contributed by atoms with Crippen molar-refractivity contribution in [1.29, 1.82) is 0 Å². The zero-order chi connectivity index (χ0) is 27.6. The molecule has 3 aromatic heterocycles. The van der Waals surface area contributed by atoms with Crippen molar-refractivity contribution in [3.8, 4) is 0 Å². The van der Waals surface area contributed by atoms with Crippen molar-refractivity contribution in [3.63, 3.8) is 0 Å². The number of aromatic nitrogens is 5. The highest BCUT2D eigenvalue weighted by Crippen LogP contribution is 2.33. The normalized spacial score (nSPS) is 11.6. The number of alkyl halides is 3. The molecule has 0 bridgehead atoms. The van der Waals surface area contributed by atoms with Crippen LogP contribution in [0.3, 0.4) is 0 Å². The minimum absolute atomic E-state index is 0.0386. The second-order valence-corrected chi connectivity index (χ2v) is 9.28. The molecule has 0 radical (unpaired) electrons. The molecule has 0 saturated carbocycles. The van der Waals surface area contributed by atoms with E-state index in [1.807, 2.05) is 26.0 Å². The molecule has 11 heteroatoms. The number of pyridine rings is 1. The summed E-state index contributed by atoms with van der Waals surface area (Å²) in [5.74, 6) is 1.58. The summed E-state index contributed by atoms with van der Waals surface area (Å²) in [6, 6.07) is 11.7. The Kier molecular flexibility index (Phi) is 7.05. The van der Waals surface area contributed by atoms with E-state index in [-0.39, 0.29) is 18.7 Å². The first-order valence-corrected chi connectivity index (χ1v) is 12.3. The lowest BCUT2D eigenvalue weighted by molar-refractivity contribution is -0.138. The molecule has 0 aliphatic heterocycles. The smallest absolute Gasteiger partial charge is 0.383 e. The number of aryl methyl sites for hydroxylation is 2. The lowest BCUT2D eigenvalue weighted by Crippen LogP contribution is -2.13. The zero-order valence-electron chi connectivity index (χ0n) is 21.4. The SMILES string of the molecule is Cc1cc2c(N)nccc2c(C)c1CNc1cc(NCc2ccc(Cn3cccn3)c(C(F)(F)F)c2)ncn1. The van der Waals surface area contributed by atoms with Crippen molar-refractivity contribution in [3.05, 3.63) is 101 Å². The molecule has 4 N–H and O–H groups in total. The summed E-state index contributed by atoms with van der Waals surface area (Å²) in [7, 11) is 0. The predicted molar refractivity (Wildman–Crippen MR) is 145 cm³/mol. The van der Waals surface area contributed by atoms with Gasteiger partial charge < -0.3 is 16.4 Å². The molecule has 39 heavy (non-hydrogen) atoms. The average Bonchev–Trinajstić information content (AvgIpc) is 3.41. The Bertz CT molecular complexity index is 1610. The molecular weight excluding hydrogens is 505 g/mol. The highest BCUT2D eigenvalue weighted by molar-refractivity contribution is 5.94. The third-order valence-electron chi connectivity index (χ3n) is 6.67. The summed E-state index contributed by atoms with van der Waals surface area (Å²) < 4.78 is 42.8. The van der Waals surface area contributed by atoms with E-state index in [4.69, 9.17) is 5.73 Å². The Balaban J connectivity index is 1.28. The van der Waals surface area contributed by atoms with E-state index in [1.54, 1.807) is 30.6 Å². The van der Waals surface area contributed by atoms with Gasteiger partial charge in [-0.05, 0) is 71.3 Å². The van der Waals surface area contributed by atoms with Gasteiger partial charge in [0.15, 0.2) is 0 Å². The molecular formula is C28H27F3N8. The molecule has 5 aromatic rings. The average molecular weight is 533 g/mol. The van der Waals surface area contributed by atoms with Gasteiger partial charge in [0.05, 0.1) is 12.1 Å². The van der Waals surface area contributed by atoms with Crippen LogP contribution < -0.4 is 16.4 Å². The molecule has 0 amide bonds. The highest BCUT2D eigenvalue weighted by atomic mass is 19.4. The zero-order valence-corrected chi connectivity index (χ0v) is 21.4. The van der Waals surface area contributed by atoms with Gasteiger partial charge in [0, 0.05) is 43.1 Å². The number of anilines is 3. The van der Waals surface area contributed by atoms with Gasteiger partial charge in [0.2, 0.25) is 0 Å². The van der Waals surface area contributed by atoms with Gasteiger partial charge >= 0.3 is 6.18 Å². The molecule has 3 heterocycles. The molecule has 0 aliphatic carbocycles. The van der Waals surface area contributed by atoms with Crippen LogP contribution in [-0.4, -0.2) is 24.7 Å². The van der Waals surface area contributed by atoms with E-state index >= 15 is 0 Å². The number of hydrogen-bond acceptors (Lipinski definition) is 7. The van der Waals surface area contributed by atoms with Crippen LogP contribution in [0.25, 0.3) is 10.8 Å². The fourth-order valence-electron chi connectivity index (χ4n) is 4.63. The molecule has 2 aromatic carbocycles. The molecule has 5 rings (SSSR count).